The smallest absolute Gasteiger partial charge is 0.220 e. The zero-order chi connectivity index (χ0) is 45.4. The van der Waals surface area contributed by atoms with Crippen LogP contribution in [0.3, 0.4) is 0 Å². The molecule has 0 spiro atoms. The van der Waals surface area contributed by atoms with Gasteiger partial charge in [0.1, 0.15) is 48.8 Å². The highest BCUT2D eigenvalue weighted by molar-refractivity contribution is 5.76. The zero-order valence-corrected chi connectivity index (χ0v) is 38.1. The normalized spacial score (nSPS) is 28.0. The first kappa shape index (κ1) is 56.3. The maximum Gasteiger partial charge on any atom is 0.220 e. The third-order valence-electron chi connectivity index (χ3n) is 11.8. The van der Waals surface area contributed by atoms with Gasteiger partial charge in [-0.05, 0) is 44.9 Å². The van der Waals surface area contributed by atoms with Crippen molar-refractivity contribution in [2.24, 2.45) is 0 Å². The van der Waals surface area contributed by atoms with E-state index in [9.17, 15) is 45.6 Å². The summed E-state index contributed by atoms with van der Waals surface area (Å²) in [4.78, 5) is 13.1. The maximum absolute atomic E-state index is 13.1. The lowest BCUT2D eigenvalue weighted by Crippen LogP contribution is -2.65. The van der Waals surface area contributed by atoms with Crippen LogP contribution in [0.5, 0.6) is 0 Å². The minimum Gasteiger partial charge on any atom is -0.394 e. The molecule has 2 rings (SSSR count). The fourth-order valence-corrected chi connectivity index (χ4v) is 7.79. The van der Waals surface area contributed by atoms with Gasteiger partial charge >= 0.3 is 0 Å². The van der Waals surface area contributed by atoms with Crippen molar-refractivity contribution < 1.29 is 64.6 Å². The van der Waals surface area contributed by atoms with Gasteiger partial charge in [-0.25, -0.2) is 0 Å². The van der Waals surface area contributed by atoms with Gasteiger partial charge in [-0.15, -0.1) is 0 Å². The quantitative estimate of drug-likeness (QED) is 0.0279. The monoisotopic (exact) mass is 886 g/mol. The Bertz CT molecular complexity index is 1190. The fourth-order valence-electron chi connectivity index (χ4n) is 7.79. The summed E-state index contributed by atoms with van der Waals surface area (Å²) in [6, 6.07) is -0.932. The predicted octanol–water partition coefficient (Wildman–Crippen LogP) is 5.54. The molecule has 0 aromatic heterocycles. The van der Waals surface area contributed by atoms with E-state index in [4.69, 9.17) is 18.9 Å². The van der Waals surface area contributed by atoms with Crippen LogP contribution >= 0.6 is 0 Å². The second-order valence-electron chi connectivity index (χ2n) is 17.2. The molecule has 62 heavy (non-hydrogen) atoms. The summed E-state index contributed by atoms with van der Waals surface area (Å²) in [5, 5.41) is 86.5. The van der Waals surface area contributed by atoms with Crippen molar-refractivity contribution in [3.05, 3.63) is 36.5 Å². The van der Waals surface area contributed by atoms with Crippen LogP contribution in [0.4, 0.5) is 0 Å². The molecule has 0 aromatic carbocycles. The lowest BCUT2D eigenvalue weighted by atomic mass is 9.97. The van der Waals surface area contributed by atoms with E-state index in [1.165, 1.54) is 89.9 Å². The molecule has 362 valence electrons. The number of rotatable bonds is 36. The highest BCUT2D eigenvalue weighted by Gasteiger charge is 2.51. The minimum absolute atomic E-state index is 0.255. The van der Waals surface area contributed by atoms with Crippen LogP contribution in [0, 0.1) is 0 Å². The van der Waals surface area contributed by atoms with Crippen LogP contribution in [0.25, 0.3) is 0 Å². The molecule has 2 aliphatic rings. The second-order valence-corrected chi connectivity index (χ2v) is 17.2. The van der Waals surface area contributed by atoms with Gasteiger partial charge < -0.3 is 65.1 Å². The molecule has 1 amide bonds. The molecule has 0 aromatic rings. The summed E-state index contributed by atoms with van der Waals surface area (Å²) in [6.07, 6.45) is 21.9. The summed E-state index contributed by atoms with van der Waals surface area (Å²) < 4.78 is 22.6. The number of aliphatic hydroxyl groups is 8. The molecular formula is C48H87NO13. The van der Waals surface area contributed by atoms with Crippen LogP contribution < -0.4 is 5.32 Å². The van der Waals surface area contributed by atoms with E-state index in [2.05, 4.69) is 43.5 Å². The number of hydrogen-bond acceptors (Lipinski definition) is 13. The van der Waals surface area contributed by atoms with Gasteiger partial charge in [-0.3, -0.25) is 4.79 Å². The third-order valence-corrected chi connectivity index (χ3v) is 11.8. The number of aliphatic hydroxyl groups excluding tert-OH is 8. The van der Waals surface area contributed by atoms with E-state index < -0.39 is 86.8 Å². The molecule has 14 nitrogen and oxygen atoms in total. The van der Waals surface area contributed by atoms with E-state index in [0.717, 1.165) is 44.9 Å². The molecule has 12 unspecified atom stereocenters. The van der Waals surface area contributed by atoms with Gasteiger partial charge in [-0.2, -0.15) is 0 Å². The molecular weight excluding hydrogens is 799 g/mol. The first-order valence-corrected chi connectivity index (χ1v) is 24.2. The molecule has 2 fully saturated rings. The lowest BCUT2D eigenvalue weighted by Gasteiger charge is -2.46. The standard InChI is InChI=1S/C48H87NO13/c1-3-5-7-9-11-13-15-17-18-20-22-24-26-28-30-32-40(53)49-36(37(52)31-29-27-25-23-21-19-16-14-12-10-8-6-4-2)35-59-47-45(58)43(56)46(39(34-51)61-47)62-48-44(57)42(55)41(54)38(33-50)60-48/h12,14,21,23,29,31,36-39,41-48,50-52,54-58H,3-11,13,15-20,22,24-28,30,32-35H2,1-2H3,(H,49,53)/b14-12+,23-21+,31-29+. The summed E-state index contributed by atoms with van der Waals surface area (Å²) in [6.45, 7) is 2.71. The van der Waals surface area contributed by atoms with Crippen LogP contribution in [0.1, 0.15) is 168 Å². The van der Waals surface area contributed by atoms with Gasteiger partial charge in [0.25, 0.3) is 0 Å². The molecule has 0 radical (unpaired) electrons. The maximum atomic E-state index is 13.1. The van der Waals surface area contributed by atoms with Crippen molar-refractivity contribution in [3.63, 3.8) is 0 Å². The van der Waals surface area contributed by atoms with Gasteiger partial charge in [0, 0.05) is 6.42 Å². The topological polar surface area (TPSA) is 228 Å². The highest BCUT2D eigenvalue weighted by Crippen LogP contribution is 2.30. The number of carbonyl (C=O) groups excluding carboxylic acids is 1. The highest BCUT2D eigenvalue weighted by atomic mass is 16.7. The molecule has 14 heteroatoms. The van der Waals surface area contributed by atoms with Crippen molar-refractivity contribution in [2.75, 3.05) is 19.8 Å². The van der Waals surface area contributed by atoms with Crippen molar-refractivity contribution in [3.8, 4) is 0 Å². The molecule has 0 saturated carbocycles. The van der Waals surface area contributed by atoms with Crippen molar-refractivity contribution in [2.45, 2.75) is 242 Å². The summed E-state index contributed by atoms with van der Waals surface area (Å²) in [5.41, 5.74) is 0. The summed E-state index contributed by atoms with van der Waals surface area (Å²) in [7, 11) is 0. The Hall–Kier alpha value is -1.79. The Morgan fingerprint density at radius 2 is 1.03 bits per heavy atom. The Kier molecular flexibility index (Phi) is 32.2. The molecule has 2 aliphatic heterocycles. The molecule has 2 heterocycles. The summed E-state index contributed by atoms with van der Waals surface area (Å²) in [5.74, 6) is -0.255. The van der Waals surface area contributed by atoms with Gasteiger partial charge in [0.2, 0.25) is 5.91 Å². The SMILES string of the molecule is CCCCC/C=C/CC/C=C/CC/C=C/C(O)C(COC1OC(CO)C(OC2OC(CO)C(O)C(O)C2O)C(O)C1O)NC(=O)CCCCCCCCCCCCCCCCC. The molecule has 0 bridgehead atoms. The first-order valence-electron chi connectivity index (χ1n) is 24.2. The molecule has 2 saturated heterocycles. The number of carbonyl (C=O) groups is 1. The number of amides is 1. The van der Waals surface area contributed by atoms with E-state index in [1.54, 1.807) is 6.08 Å². The van der Waals surface area contributed by atoms with Crippen LogP contribution in [0.15, 0.2) is 36.5 Å². The number of ether oxygens (including phenoxy) is 4. The van der Waals surface area contributed by atoms with Crippen LogP contribution in [-0.4, -0.2) is 140 Å². The molecule has 0 aliphatic carbocycles. The number of unbranched alkanes of at least 4 members (excludes halogenated alkanes) is 19. The van der Waals surface area contributed by atoms with E-state index in [-0.39, 0.29) is 18.9 Å². The van der Waals surface area contributed by atoms with E-state index >= 15 is 0 Å². The van der Waals surface area contributed by atoms with Crippen LogP contribution in [0.2, 0.25) is 0 Å². The minimum atomic E-state index is -1.79. The predicted molar refractivity (Wildman–Crippen MR) is 240 cm³/mol. The first-order chi connectivity index (χ1) is 30.1. The number of allylic oxidation sites excluding steroid dienone is 5. The Labute approximate surface area is 372 Å². The fraction of sp³-hybridized carbons (Fsp3) is 0.854. The average Bonchev–Trinajstić information content (AvgIpc) is 3.27. The Morgan fingerprint density at radius 1 is 0.565 bits per heavy atom. The van der Waals surface area contributed by atoms with Gasteiger partial charge in [0.15, 0.2) is 12.6 Å². The third kappa shape index (κ3) is 22.9. The van der Waals surface area contributed by atoms with Crippen LogP contribution in [-0.2, 0) is 23.7 Å². The second kappa shape index (κ2) is 35.5. The average molecular weight is 886 g/mol. The van der Waals surface area contributed by atoms with Crippen molar-refractivity contribution in [1.82, 2.24) is 5.32 Å². The number of nitrogens with one attached hydrogen (secondary N) is 1. The van der Waals surface area contributed by atoms with E-state index in [1.807, 2.05) is 6.08 Å². The van der Waals surface area contributed by atoms with Crippen molar-refractivity contribution >= 4 is 5.91 Å². The van der Waals surface area contributed by atoms with Crippen molar-refractivity contribution in [1.29, 1.82) is 0 Å². The zero-order valence-electron chi connectivity index (χ0n) is 38.1. The number of hydrogen-bond donors (Lipinski definition) is 9. The van der Waals surface area contributed by atoms with E-state index in [0.29, 0.717) is 12.8 Å². The van der Waals surface area contributed by atoms with Gasteiger partial charge in [0.05, 0.1) is 32.0 Å². The van der Waals surface area contributed by atoms with Gasteiger partial charge in [-0.1, -0.05) is 153 Å². The summed E-state index contributed by atoms with van der Waals surface area (Å²) >= 11 is 0. The largest absolute Gasteiger partial charge is 0.394 e. The Morgan fingerprint density at radius 3 is 1.58 bits per heavy atom. The molecule has 9 N–H and O–H groups in total. The lowest BCUT2D eigenvalue weighted by molar-refractivity contribution is -0.359. The Balaban J connectivity index is 1.89. The molecule has 12 atom stereocenters.